The Balaban J connectivity index is 1.85. The fourth-order valence-corrected chi connectivity index (χ4v) is 2.06. The summed E-state index contributed by atoms with van der Waals surface area (Å²) in [5, 5.41) is 10.4. The van der Waals surface area contributed by atoms with Crippen LogP contribution >= 0.6 is 0 Å². The van der Waals surface area contributed by atoms with Gasteiger partial charge in [0.05, 0.1) is 12.6 Å². The van der Waals surface area contributed by atoms with Gasteiger partial charge in [0.2, 0.25) is 5.91 Å². The molecule has 0 aliphatic heterocycles. The molecule has 2 N–H and O–H groups in total. The number of amides is 1. The van der Waals surface area contributed by atoms with E-state index in [9.17, 15) is 4.79 Å². The van der Waals surface area contributed by atoms with Crippen molar-refractivity contribution in [3.05, 3.63) is 47.8 Å². The number of hydrogen-bond acceptors (Lipinski definition) is 3. The number of aromatic nitrogens is 2. The van der Waals surface area contributed by atoms with Crippen LogP contribution < -0.4 is 10.6 Å². The fraction of sp³-hybridized carbons (Fsp3) is 0.375. The zero-order chi connectivity index (χ0) is 15.1. The van der Waals surface area contributed by atoms with E-state index >= 15 is 0 Å². The minimum atomic E-state index is 0.0604. The summed E-state index contributed by atoms with van der Waals surface area (Å²) >= 11 is 0. The van der Waals surface area contributed by atoms with Gasteiger partial charge < -0.3 is 10.6 Å². The summed E-state index contributed by atoms with van der Waals surface area (Å²) < 4.78 is 1.91. The number of carbonyl (C=O) groups excluding carboxylic acids is 1. The maximum absolute atomic E-state index is 11.5. The second kappa shape index (κ2) is 7.47. The highest BCUT2D eigenvalue weighted by Gasteiger charge is 2.02. The molecule has 0 aliphatic rings. The van der Waals surface area contributed by atoms with E-state index in [-0.39, 0.29) is 5.91 Å². The Kier molecular flexibility index (Phi) is 5.37. The number of hydrogen-bond donors (Lipinski definition) is 2. The molecule has 0 saturated carbocycles. The summed E-state index contributed by atoms with van der Waals surface area (Å²) in [5.74, 6) is 0.0604. The molecule has 0 spiro atoms. The molecule has 0 atom stereocenters. The zero-order valence-corrected chi connectivity index (χ0v) is 12.6. The molecule has 0 bridgehead atoms. The van der Waals surface area contributed by atoms with Crippen LogP contribution in [-0.4, -0.2) is 22.2 Å². The smallest absolute Gasteiger partial charge is 0.224 e. The molecule has 5 heteroatoms. The van der Waals surface area contributed by atoms with Crippen LogP contribution in [0.25, 0.3) is 0 Å². The first-order chi connectivity index (χ1) is 10.2. The molecule has 0 aliphatic carbocycles. The number of anilines is 1. The third-order valence-electron chi connectivity index (χ3n) is 3.20. The Morgan fingerprint density at radius 3 is 2.57 bits per heavy atom. The summed E-state index contributed by atoms with van der Waals surface area (Å²) in [4.78, 5) is 11.5. The van der Waals surface area contributed by atoms with E-state index in [1.807, 2.05) is 48.3 Å². The molecule has 2 rings (SSSR count). The molecule has 1 amide bonds. The molecule has 21 heavy (non-hydrogen) atoms. The minimum Gasteiger partial charge on any atom is -0.381 e. The monoisotopic (exact) mass is 286 g/mol. The summed E-state index contributed by atoms with van der Waals surface area (Å²) in [5.41, 5.74) is 3.22. The van der Waals surface area contributed by atoms with Gasteiger partial charge in [0.25, 0.3) is 0 Å². The van der Waals surface area contributed by atoms with Crippen molar-refractivity contribution in [3.63, 3.8) is 0 Å². The molecule has 2 aromatic rings. The highest BCUT2D eigenvalue weighted by Crippen LogP contribution is 2.11. The van der Waals surface area contributed by atoms with E-state index in [4.69, 9.17) is 0 Å². The predicted molar refractivity (Wildman–Crippen MR) is 84.1 cm³/mol. The van der Waals surface area contributed by atoms with Crippen LogP contribution in [0.2, 0.25) is 0 Å². The number of nitrogens with one attached hydrogen (secondary N) is 2. The number of rotatable bonds is 7. The van der Waals surface area contributed by atoms with Gasteiger partial charge in [-0.1, -0.05) is 12.1 Å². The molecule has 112 valence electrons. The summed E-state index contributed by atoms with van der Waals surface area (Å²) in [7, 11) is 0. The Morgan fingerprint density at radius 2 is 1.95 bits per heavy atom. The van der Waals surface area contributed by atoms with Gasteiger partial charge in [-0.05, 0) is 31.5 Å². The van der Waals surface area contributed by atoms with Crippen molar-refractivity contribution in [2.45, 2.75) is 33.4 Å². The second-order valence-electron chi connectivity index (χ2n) is 4.89. The summed E-state index contributed by atoms with van der Waals surface area (Å²) in [6.07, 6.45) is 4.34. The molecular weight excluding hydrogens is 264 g/mol. The normalized spacial score (nSPS) is 10.4. The van der Waals surface area contributed by atoms with Crippen molar-refractivity contribution in [1.29, 1.82) is 0 Å². The fourth-order valence-electron chi connectivity index (χ4n) is 2.06. The van der Waals surface area contributed by atoms with Crippen LogP contribution in [0.15, 0.2) is 36.7 Å². The molecule has 5 nitrogen and oxygen atoms in total. The van der Waals surface area contributed by atoms with E-state index in [0.717, 1.165) is 29.9 Å². The lowest BCUT2D eigenvalue weighted by molar-refractivity contribution is -0.120. The van der Waals surface area contributed by atoms with Gasteiger partial charge in [0.15, 0.2) is 0 Å². The quantitative estimate of drug-likeness (QED) is 0.820. The first kappa shape index (κ1) is 15.1. The first-order valence-corrected chi connectivity index (χ1v) is 7.32. The van der Waals surface area contributed by atoms with Crippen LogP contribution in [0, 0.1) is 0 Å². The van der Waals surface area contributed by atoms with Gasteiger partial charge in [-0.25, -0.2) is 0 Å². The second-order valence-corrected chi connectivity index (χ2v) is 4.89. The van der Waals surface area contributed by atoms with Crippen molar-refractivity contribution in [2.75, 3.05) is 11.9 Å². The lowest BCUT2D eigenvalue weighted by Gasteiger charge is -2.06. The maximum atomic E-state index is 11.5. The standard InChI is InChI=1S/C16H22N4O/c1-3-17-16(21)9-13-5-7-15(8-6-13)18-10-14-11-19-20(4-2)12-14/h5-8,11-12,18H,3-4,9-10H2,1-2H3,(H,17,21). The molecular formula is C16H22N4O. The van der Waals surface area contributed by atoms with Gasteiger partial charge in [-0.3, -0.25) is 9.48 Å². The van der Waals surface area contributed by atoms with Crippen LogP contribution in [0.3, 0.4) is 0 Å². The van der Waals surface area contributed by atoms with Gasteiger partial charge >= 0.3 is 0 Å². The summed E-state index contributed by atoms with van der Waals surface area (Å²) in [6.45, 7) is 6.29. The SMILES string of the molecule is CCNC(=O)Cc1ccc(NCc2cnn(CC)c2)cc1. The van der Waals surface area contributed by atoms with E-state index in [0.29, 0.717) is 13.0 Å². The molecule has 0 radical (unpaired) electrons. The lowest BCUT2D eigenvalue weighted by Crippen LogP contribution is -2.24. The highest BCUT2D eigenvalue weighted by atomic mass is 16.1. The summed E-state index contributed by atoms with van der Waals surface area (Å²) in [6, 6.07) is 7.96. The van der Waals surface area contributed by atoms with Crippen LogP contribution in [0.5, 0.6) is 0 Å². The Bertz CT molecular complexity index is 574. The van der Waals surface area contributed by atoms with Crippen molar-refractivity contribution >= 4 is 11.6 Å². The third-order valence-corrected chi connectivity index (χ3v) is 3.20. The van der Waals surface area contributed by atoms with Crippen molar-refractivity contribution in [3.8, 4) is 0 Å². The average Bonchev–Trinajstić information content (AvgIpc) is 2.95. The number of carbonyl (C=O) groups is 1. The van der Waals surface area contributed by atoms with Gasteiger partial charge in [0.1, 0.15) is 0 Å². The first-order valence-electron chi connectivity index (χ1n) is 7.32. The van der Waals surface area contributed by atoms with Crippen LogP contribution in [0.1, 0.15) is 25.0 Å². The molecule has 0 fully saturated rings. The van der Waals surface area contributed by atoms with Crippen LogP contribution in [0.4, 0.5) is 5.69 Å². The number of likely N-dealkylation sites (N-methyl/N-ethyl adjacent to an activating group) is 1. The number of benzene rings is 1. The van der Waals surface area contributed by atoms with Crippen LogP contribution in [-0.2, 0) is 24.3 Å². The van der Waals surface area contributed by atoms with E-state index in [1.165, 1.54) is 0 Å². The Labute approximate surface area is 125 Å². The van der Waals surface area contributed by atoms with Gasteiger partial charge in [-0.2, -0.15) is 5.10 Å². The van der Waals surface area contributed by atoms with E-state index in [1.54, 1.807) is 0 Å². The molecule has 0 saturated heterocycles. The van der Waals surface area contributed by atoms with Crippen molar-refractivity contribution in [1.82, 2.24) is 15.1 Å². The van der Waals surface area contributed by atoms with E-state index in [2.05, 4.69) is 22.7 Å². The lowest BCUT2D eigenvalue weighted by atomic mass is 10.1. The maximum Gasteiger partial charge on any atom is 0.224 e. The largest absolute Gasteiger partial charge is 0.381 e. The predicted octanol–water partition coefficient (Wildman–Crippen LogP) is 2.19. The molecule has 1 aromatic carbocycles. The Morgan fingerprint density at radius 1 is 1.19 bits per heavy atom. The molecule has 1 heterocycles. The molecule has 0 unspecified atom stereocenters. The highest BCUT2D eigenvalue weighted by molar-refractivity contribution is 5.78. The number of aryl methyl sites for hydroxylation is 1. The average molecular weight is 286 g/mol. The Hall–Kier alpha value is -2.30. The van der Waals surface area contributed by atoms with Gasteiger partial charge in [-0.15, -0.1) is 0 Å². The molecule has 1 aromatic heterocycles. The zero-order valence-electron chi connectivity index (χ0n) is 12.6. The van der Waals surface area contributed by atoms with Crippen molar-refractivity contribution < 1.29 is 4.79 Å². The minimum absolute atomic E-state index is 0.0604. The van der Waals surface area contributed by atoms with Crippen molar-refractivity contribution in [2.24, 2.45) is 0 Å². The van der Waals surface area contributed by atoms with E-state index < -0.39 is 0 Å². The van der Waals surface area contributed by atoms with Gasteiger partial charge in [0, 0.05) is 37.1 Å². The number of nitrogens with zero attached hydrogens (tertiary/aromatic N) is 2. The third kappa shape index (κ3) is 4.63. The topological polar surface area (TPSA) is 59.0 Å².